The van der Waals surface area contributed by atoms with Gasteiger partial charge in [-0.15, -0.1) is 0 Å². The lowest BCUT2D eigenvalue weighted by Crippen LogP contribution is -2.25. The molecule has 0 aliphatic carbocycles. The quantitative estimate of drug-likeness (QED) is 0.372. The Balaban J connectivity index is 3.22. The van der Waals surface area contributed by atoms with Gasteiger partial charge >= 0.3 is 6.16 Å². The predicted octanol–water partition coefficient (Wildman–Crippen LogP) is -0.120. The third-order valence-corrected chi connectivity index (χ3v) is 0.991. The Morgan fingerprint density at radius 2 is 2.00 bits per heavy atom. The van der Waals surface area contributed by atoms with Crippen molar-refractivity contribution in [3.63, 3.8) is 0 Å². The molecule has 0 bridgehead atoms. The molecule has 0 heterocycles. The molecule has 0 fully saturated rings. The topological polar surface area (TPSA) is 73.9 Å². The van der Waals surface area contributed by atoms with Crippen molar-refractivity contribution < 1.29 is 23.8 Å². The fourth-order valence-corrected chi connectivity index (χ4v) is 0.510. The lowest BCUT2D eigenvalue weighted by atomic mass is 10.6. The lowest BCUT2D eigenvalue weighted by Gasteiger charge is -2.04. The standard InChI is InChI=1S/C7H13NO5/c1-6(9)8-3-4-12-7(10)13-5-11-2/h3-5H2,1-2H3,(H,8,9). The minimum absolute atomic E-state index is 0.0854. The Labute approximate surface area is 76.1 Å². The monoisotopic (exact) mass is 191 g/mol. The summed E-state index contributed by atoms with van der Waals surface area (Å²) < 4.78 is 13.4. The molecule has 0 aliphatic rings. The van der Waals surface area contributed by atoms with Crippen LogP contribution in [0.25, 0.3) is 0 Å². The third kappa shape index (κ3) is 8.61. The maximum absolute atomic E-state index is 10.6. The van der Waals surface area contributed by atoms with Gasteiger partial charge in [0.15, 0.2) is 6.79 Å². The van der Waals surface area contributed by atoms with Crippen molar-refractivity contribution in [1.82, 2.24) is 5.32 Å². The summed E-state index contributed by atoms with van der Waals surface area (Å²) in [5.41, 5.74) is 0. The number of amides is 1. The lowest BCUT2D eigenvalue weighted by molar-refractivity contribution is -0.119. The maximum Gasteiger partial charge on any atom is 0.510 e. The molecule has 0 rings (SSSR count). The van der Waals surface area contributed by atoms with Crippen LogP contribution in [0.3, 0.4) is 0 Å². The van der Waals surface area contributed by atoms with Gasteiger partial charge < -0.3 is 19.5 Å². The zero-order valence-corrected chi connectivity index (χ0v) is 7.66. The van der Waals surface area contributed by atoms with Gasteiger partial charge in [-0.05, 0) is 0 Å². The molecule has 6 heteroatoms. The molecule has 0 aromatic carbocycles. The minimum atomic E-state index is -0.813. The summed E-state index contributed by atoms with van der Waals surface area (Å²) >= 11 is 0. The molecule has 0 aromatic heterocycles. The fourth-order valence-electron chi connectivity index (χ4n) is 0.510. The van der Waals surface area contributed by atoms with E-state index in [-0.39, 0.29) is 25.9 Å². The number of hydrogen-bond acceptors (Lipinski definition) is 5. The molecule has 0 saturated carbocycles. The van der Waals surface area contributed by atoms with Gasteiger partial charge in [0.1, 0.15) is 6.61 Å². The van der Waals surface area contributed by atoms with Gasteiger partial charge in [-0.3, -0.25) is 4.79 Å². The average Bonchev–Trinajstić information content (AvgIpc) is 2.08. The first-order valence-corrected chi connectivity index (χ1v) is 3.69. The molecule has 6 nitrogen and oxygen atoms in total. The molecule has 1 N–H and O–H groups in total. The first-order chi connectivity index (χ1) is 6.16. The largest absolute Gasteiger partial charge is 0.510 e. The number of carbonyl (C=O) groups excluding carboxylic acids is 2. The van der Waals surface area contributed by atoms with Crippen LogP contribution in [-0.2, 0) is 19.0 Å². The molecule has 0 radical (unpaired) electrons. The van der Waals surface area contributed by atoms with Gasteiger partial charge in [0.25, 0.3) is 0 Å². The van der Waals surface area contributed by atoms with E-state index in [0.29, 0.717) is 0 Å². The van der Waals surface area contributed by atoms with E-state index in [1.54, 1.807) is 0 Å². The second kappa shape index (κ2) is 7.35. The summed E-state index contributed by atoms with van der Waals surface area (Å²) in [6.45, 7) is 1.60. The van der Waals surface area contributed by atoms with Gasteiger partial charge in [0.2, 0.25) is 5.91 Å². The van der Waals surface area contributed by atoms with Crippen molar-refractivity contribution in [2.24, 2.45) is 0 Å². The molecule has 0 aliphatic heterocycles. The minimum Gasteiger partial charge on any atom is -0.432 e. The van der Waals surface area contributed by atoms with Crippen LogP contribution in [0.1, 0.15) is 6.92 Å². The van der Waals surface area contributed by atoms with Gasteiger partial charge in [-0.1, -0.05) is 0 Å². The molecule has 76 valence electrons. The third-order valence-electron chi connectivity index (χ3n) is 0.991. The van der Waals surface area contributed by atoms with Crippen molar-refractivity contribution in [3.8, 4) is 0 Å². The molecule has 0 spiro atoms. The Hall–Kier alpha value is -1.30. The van der Waals surface area contributed by atoms with Crippen molar-refractivity contribution in [2.75, 3.05) is 27.1 Å². The van der Waals surface area contributed by atoms with Crippen molar-refractivity contribution in [1.29, 1.82) is 0 Å². The highest BCUT2D eigenvalue weighted by Gasteiger charge is 2.01. The first kappa shape index (κ1) is 11.7. The summed E-state index contributed by atoms with van der Waals surface area (Å²) in [5.74, 6) is -0.172. The smallest absolute Gasteiger partial charge is 0.432 e. The number of ether oxygens (including phenoxy) is 3. The van der Waals surface area contributed by atoms with Crippen LogP contribution < -0.4 is 5.32 Å². The highest BCUT2D eigenvalue weighted by molar-refractivity contribution is 5.72. The Morgan fingerprint density at radius 3 is 2.54 bits per heavy atom. The van der Waals surface area contributed by atoms with Crippen LogP contribution >= 0.6 is 0 Å². The summed E-state index contributed by atoms with van der Waals surface area (Å²) in [6, 6.07) is 0. The van der Waals surface area contributed by atoms with Crippen LogP contribution in [0.15, 0.2) is 0 Å². The van der Waals surface area contributed by atoms with E-state index in [9.17, 15) is 9.59 Å². The van der Waals surface area contributed by atoms with Gasteiger partial charge in [0, 0.05) is 14.0 Å². The zero-order chi connectivity index (χ0) is 10.1. The SMILES string of the molecule is COCOC(=O)OCCNC(C)=O. The molecule has 1 amide bonds. The van der Waals surface area contributed by atoms with E-state index < -0.39 is 6.16 Å². The van der Waals surface area contributed by atoms with Crippen LogP contribution in [0.4, 0.5) is 4.79 Å². The van der Waals surface area contributed by atoms with E-state index >= 15 is 0 Å². The predicted molar refractivity (Wildman–Crippen MR) is 43.0 cm³/mol. The second-order valence-electron chi connectivity index (χ2n) is 2.13. The summed E-state index contributed by atoms with van der Waals surface area (Å²) in [6.07, 6.45) is -0.813. The van der Waals surface area contributed by atoms with E-state index in [4.69, 9.17) is 0 Å². The van der Waals surface area contributed by atoms with Crippen molar-refractivity contribution in [2.45, 2.75) is 6.92 Å². The Morgan fingerprint density at radius 1 is 1.31 bits per heavy atom. The zero-order valence-electron chi connectivity index (χ0n) is 7.66. The molecule has 13 heavy (non-hydrogen) atoms. The van der Waals surface area contributed by atoms with Crippen molar-refractivity contribution >= 4 is 12.1 Å². The van der Waals surface area contributed by atoms with E-state index in [1.165, 1.54) is 14.0 Å². The molecular weight excluding hydrogens is 178 g/mol. The highest BCUT2D eigenvalue weighted by atomic mass is 16.8. The van der Waals surface area contributed by atoms with Gasteiger partial charge in [0.05, 0.1) is 6.54 Å². The summed E-state index contributed by atoms with van der Waals surface area (Å²) in [7, 11) is 1.39. The second-order valence-corrected chi connectivity index (χ2v) is 2.13. The Bertz CT molecular complexity index is 170. The number of rotatable bonds is 5. The molecule has 0 aromatic rings. The fraction of sp³-hybridized carbons (Fsp3) is 0.714. The summed E-state index contributed by atoms with van der Waals surface area (Å²) in [4.78, 5) is 21.0. The average molecular weight is 191 g/mol. The number of methoxy groups -OCH3 is 1. The number of carbonyl (C=O) groups is 2. The van der Waals surface area contributed by atoms with E-state index in [0.717, 1.165) is 0 Å². The molecular formula is C7H13NO5. The molecule has 0 atom stereocenters. The molecule has 0 saturated heterocycles. The van der Waals surface area contributed by atoms with E-state index in [1.807, 2.05) is 0 Å². The van der Waals surface area contributed by atoms with Crippen LogP contribution in [0.5, 0.6) is 0 Å². The van der Waals surface area contributed by atoms with Gasteiger partial charge in [-0.25, -0.2) is 4.79 Å². The number of nitrogens with one attached hydrogen (secondary N) is 1. The van der Waals surface area contributed by atoms with Crippen LogP contribution in [-0.4, -0.2) is 39.1 Å². The van der Waals surface area contributed by atoms with Gasteiger partial charge in [-0.2, -0.15) is 0 Å². The Kier molecular flexibility index (Phi) is 6.62. The maximum atomic E-state index is 10.6. The number of hydrogen-bond donors (Lipinski definition) is 1. The summed E-state index contributed by atoms with van der Waals surface area (Å²) in [5, 5.41) is 2.45. The van der Waals surface area contributed by atoms with Crippen LogP contribution in [0, 0.1) is 0 Å². The first-order valence-electron chi connectivity index (χ1n) is 3.69. The van der Waals surface area contributed by atoms with Crippen molar-refractivity contribution in [3.05, 3.63) is 0 Å². The molecule has 0 unspecified atom stereocenters. The van der Waals surface area contributed by atoms with E-state index in [2.05, 4.69) is 19.5 Å². The highest BCUT2D eigenvalue weighted by Crippen LogP contribution is 1.84. The van der Waals surface area contributed by atoms with Crippen LogP contribution in [0.2, 0.25) is 0 Å². The normalized spacial score (nSPS) is 9.08.